The van der Waals surface area contributed by atoms with Gasteiger partial charge < -0.3 is 20.9 Å². The number of hydrogen-bond donors (Lipinski definition) is 2. The van der Waals surface area contributed by atoms with Crippen LogP contribution >= 0.6 is 12.4 Å². The molecule has 0 spiro atoms. The summed E-state index contributed by atoms with van der Waals surface area (Å²) in [5.74, 6) is 0.126. The monoisotopic (exact) mass is 428 g/mol. The molecule has 160 valence electrons. The Morgan fingerprint density at radius 1 is 1.00 bits per heavy atom. The van der Waals surface area contributed by atoms with E-state index in [2.05, 4.69) is 16.3 Å². The summed E-state index contributed by atoms with van der Waals surface area (Å²) in [5.41, 5.74) is 9.99. The molecule has 1 fully saturated rings. The highest BCUT2D eigenvalue weighted by atomic mass is 35.5. The predicted molar refractivity (Wildman–Crippen MR) is 123 cm³/mol. The Labute approximate surface area is 183 Å². The lowest BCUT2D eigenvalue weighted by Gasteiger charge is -2.35. The van der Waals surface area contributed by atoms with E-state index in [9.17, 15) is 9.59 Å². The van der Waals surface area contributed by atoms with Gasteiger partial charge in [-0.3, -0.25) is 9.59 Å². The van der Waals surface area contributed by atoms with Gasteiger partial charge in [0.25, 0.3) is 0 Å². The Morgan fingerprint density at radius 2 is 1.73 bits per heavy atom. The van der Waals surface area contributed by atoms with Crippen LogP contribution in [-0.4, -0.2) is 42.9 Å². The van der Waals surface area contributed by atoms with Gasteiger partial charge in [0.05, 0.1) is 6.54 Å². The Kier molecular flexibility index (Phi) is 7.21. The molecule has 2 aromatic carbocycles. The molecule has 2 amide bonds. The number of likely N-dealkylation sites (tertiary alicyclic amines) is 1. The Morgan fingerprint density at radius 3 is 2.47 bits per heavy atom. The van der Waals surface area contributed by atoms with Crippen molar-refractivity contribution in [2.75, 3.05) is 42.1 Å². The van der Waals surface area contributed by atoms with E-state index in [0.29, 0.717) is 32.5 Å². The normalized spacial score (nSPS) is 16.4. The van der Waals surface area contributed by atoms with Crippen LogP contribution in [0.3, 0.4) is 0 Å². The number of hydrogen-bond acceptors (Lipinski definition) is 4. The second-order valence-electron chi connectivity index (χ2n) is 7.88. The first-order chi connectivity index (χ1) is 14.1. The van der Waals surface area contributed by atoms with Crippen LogP contribution in [0.25, 0.3) is 0 Å². The van der Waals surface area contributed by atoms with Crippen LogP contribution in [0.15, 0.2) is 48.5 Å². The van der Waals surface area contributed by atoms with Gasteiger partial charge >= 0.3 is 0 Å². The number of nitrogens with zero attached hydrogens (tertiary/aromatic N) is 2. The molecule has 2 aliphatic heterocycles. The van der Waals surface area contributed by atoms with E-state index in [4.69, 9.17) is 5.73 Å². The Bertz CT molecular complexity index is 882. The zero-order valence-electron chi connectivity index (χ0n) is 17.0. The molecule has 0 bridgehead atoms. The maximum Gasteiger partial charge on any atom is 0.242 e. The number of rotatable bonds is 4. The number of nitrogens with two attached hydrogens (primary N) is 1. The second-order valence-corrected chi connectivity index (χ2v) is 7.88. The first-order valence-corrected chi connectivity index (χ1v) is 10.4. The molecular weight excluding hydrogens is 400 g/mol. The number of para-hydroxylation sites is 1. The molecule has 0 aliphatic carbocycles. The molecule has 0 saturated carbocycles. The van der Waals surface area contributed by atoms with E-state index in [-0.39, 0.29) is 30.1 Å². The molecule has 0 radical (unpaired) electrons. The van der Waals surface area contributed by atoms with Gasteiger partial charge in [-0.1, -0.05) is 24.3 Å². The van der Waals surface area contributed by atoms with Crippen molar-refractivity contribution in [2.45, 2.75) is 25.7 Å². The fourth-order valence-corrected chi connectivity index (χ4v) is 4.31. The van der Waals surface area contributed by atoms with Crippen molar-refractivity contribution in [3.05, 3.63) is 54.1 Å². The zero-order chi connectivity index (χ0) is 20.2. The van der Waals surface area contributed by atoms with E-state index in [1.54, 1.807) is 0 Å². The summed E-state index contributed by atoms with van der Waals surface area (Å²) in [6.45, 7) is 2.50. The molecule has 1 saturated heterocycles. The minimum atomic E-state index is -0.0465. The maximum atomic E-state index is 12.9. The zero-order valence-corrected chi connectivity index (χ0v) is 17.9. The second kappa shape index (κ2) is 9.85. The van der Waals surface area contributed by atoms with E-state index in [1.165, 1.54) is 0 Å². The highest BCUT2D eigenvalue weighted by Crippen LogP contribution is 2.31. The van der Waals surface area contributed by atoms with Gasteiger partial charge in [-0.15, -0.1) is 12.4 Å². The summed E-state index contributed by atoms with van der Waals surface area (Å²) in [6.07, 6.45) is 3.38. The number of nitrogens with one attached hydrogen (secondary N) is 1. The van der Waals surface area contributed by atoms with E-state index in [1.807, 2.05) is 47.4 Å². The third-order valence-electron chi connectivity index (χ3n) is 5.97. The lowest BCUT2D eigenvalue weighted by Crippen LogP contribution is -2.46. The number of carbonyl (C=O) groups is 2. The van der Waals surface area contributed by atoms with Crippen LogP contribution in [-0.2, 0) is 16.0 Å². The number of carbonyl (C=O) groups excluding carboxylic acids is 2. The lowest BCUT2D eigenvalue weighted by atomic mass is 9.95. The van der Waals surface area contributed by atoms with E-state index < -0.39 is 0 Å². The molecule has 30 heavy (non-hydrogen) atoms. The Hall–Kier alpha value is -2.73. The first-order valence-electron chi connectivity index (χ1n) is 10.4. The number of fused-ring (bicyclic) bond motifs is 1. The van der Waals surface area contributed by atoms with Crippen molar-refractivity contribution in [1.82, 2.24) is 4.90 Å². The number of anilines is 3. The molecule has 0 atom stereocenters. The fraction of sp³-hybridized carbons (Fsp3) is 0.391. The molecule has 3 N–H and O–H groups in total. The molecule has 0 aromatic heterocycles. The number of piperidine rings is 1. The highest BCUT2D eigenvalue weighted by Gasteiger charge is 2.29. The summed E-state index contributed by atoms with van der Waals surface area (Å²) in [6, 6.07) is 15.4. The standard InChI is InChI=1S/C23H28N4O2.ClH/c24-20-9-4-10-21-19(20)8-5-13-27(21)16-22(28)26-14-11-17(12-15-26)23(29)25-18-6-2-1-3-7-18;/h1-4,6-7,9-10,17H,5,8,11-16,24H2,(H,25,29);1H. The number of amides is 2. The van der Waals surface area contributed by atoms with Gasteiger partial charge in [-0.25, -0.2) is 0 Å². The molecule has 2 heterocycles. The molecule has 0 unspecified atom stereocenters. The predicted octanol–water partition coefficient (Wildman–Crippen LogP) is 3.32. The smallest absolute Gasteiger partial charge is 0.242 e. The molecule has 2 aliphatic rings. The van der Waals surface area contributed by atoms with Crippen LogP contribution in [0.5, 0.6) is 0 Å². The summed E-state index contributed by atoms with van der Waals surface area (Å²) in [5, 5.41) is 2.98. The minimum absolute atomic E-state index is 0. The van der Waals surface area contributed by atoms with Crippen molar-refractivity contribution in [3.63, 3.8) is 0 Å². The van der Waals surface area contributed by atoms with Gasteiger partial charge in [-0.05, 0) is 55.5 Å². The van der Waals surface area contributed by atoms with Crippen molar-refractivity contribution in [2.24, 2.45) is 5.92 Å². The highest BCUT2D eigenvalue weighted by molar-refractivity contribution is 5.92. The Balaban J connectivity index is 0.00000256. The van der Waals surface area contributed by atoms with Crippen LogP contribution in [0.2, 0.25) is 0 Å². The van der Waals surface area contributed by atoms with E-state index >= 15 is 0 Å². The summed E-state index contributed by atoms with van der Waals surface area (Å²) in [4.78, 5) is 29.4. The van der Waals surface area contributed by atoms with Gasteiger partial charge in [0.1, 0.15) is 0 Å². The number of benzene rings is 2. The summed E-state index contributed by atoms with van der Waals surface area (Å²) < 4.78 is 0. The quantitative estimate of drug-likeness (QED) is 0.732. The molecule has 4 rings (SSSR count). The molecule has 2 aromatic rings. The third-order valence-corrected chi connectivity index (χ3v) is 5.97. The lowest BCUT2D eigenvalue weighted by molar-refractivity contribution is -0.133. The largest absolute Gasteiger partial charge is 0.398 e. The van der Waals surface area contributed by atoms with Crippen molar-refractivity contribution in [3.8, 4) is 0 Å². The van der Waals surface area contributed by atoms with Crippen molar-refractivity contribution < 1.29 is 9.59 Å². The van der Waals surface area contributed by atoms with Gasteiger partial charge in [0.2, 0.25) is 11.8 Å². The van der Waals surface area contributed by atoms with Gasteiger partial charge in [-0.2, -0.15) is 0 Å². The van der Waals surface area contributed by atoms with Crippen LogP contribution in [0, 0.1) is 5.92 Å². The van der Waals surface area contributed by atoms with Crippen LogP contribution in [0.1, 0.15) is 24.8 Å². The first kappa shape index (κ1) is 22.0. The maximum absolute atomic E-state index is 12.9. The molecule has 6 nitrogen and oxygen atoms in total. The average molecular weight is 429 g/mol. The van der Waals surface area contributed by atoms with E-state index in [0.717, 1.165) is 42.0 Å². The van der Waals surface area contributed by atoms with Crippen LogP contribution in [0.4, 0.5) is 17.1 Å². The molecular formula is C23H29ClN4O2. The summed E-state index contributed by atoms with van der Waals surface area (Å²) in [7, 11) is 0. The van der Waals surface area contributed by atoms with Crippen molar-refractivity contribution in [1.29, 1.82) is 0 Å². The molecule has 7 heteroatoms. The minimum Gasteiger partial charge on any atom is -0.398 e. The fourth-order valence-electron chi connectivity index (χ4n) is 4.31. The van der Waals surface area contributed by atoms with Gasteiger partial charge in [0.15, 0.2) is 0 Å². The number of halogens is 1. The third kappa shape index (κ3) is 4.87. The number of nitrogen functional groups attached to an aromatic ring is 1. The van der Waals surface area contributed by atoms with Crippen molar-refractivity contribution >= 4 is 41.3 Å². The van der Waals surface area contributed by atoms with Gasteiger partial charge in [0, 0.05) is 42.6 Å². The van der Waals surface area contributed by atoms with Crippen LogP contribution < -0.4 is 16.0 Å². The SMILES string of the molecule is Cl.Nc1cccc2c1CCCN2CC(=O)N1CCC(C(=O)Nc2ccccc2)CC1. The topological polar surface area (TPSA) is 78.7 Å². The average Bonchev–Trinajstić information content (AvgIpc) is 2.75. The summed E-state index contributed by atoms with van der Waals surface area (Å²) >= 11 is 0.